The summed E-state index contributed by atoms with van der Waals surface area (Å²) in [6.45, 7) is 6.53. The molecule has 0 amide bonds. The van der Waals surface area contributed by atoms with E-state index in [0.717, 1.165) is 0 Å². The summed E-state index contributed by atoms with van der Waals surface area (Å²) in [6.07, 6.45) is -0.539. The van der Waals surface area contributed by atoms with Crippen LogP contribution in [0.5, 0.6) is 0 Å². The SMILES string of the molecule is CC(=O)C(C(=O)O)C(C)c1ccc(S(=O)(=O)CC2COC(C)(C)O2)cc1. The monoisotopic (exact) mass is 384 g/mol. The third kappa shape index (κ3) is 4.69. The molecule has 1 heterocycles. The molecule has 3 atom stereocenters. The maximum Gasteiger partial charge on any atom is 0.314 e. The summed E-state index contributed by atoms with van der Waals surface area (Å²) < 4.78 is 36.0. The zero-order chi connectivity index (χ0) is 19.7. The van der Waals surface area contributed by atoms with Crippen molar-refractivity contribution in [3.8, 4) is 0 Å². The molecule has 1 aliphatic rings. The molecule has 0 aliphatic carbocycles. The number of carbonyl (C=O) groups excluding carboxylic acids is 1. The van der Waals surface area contributed by atoms with Gasteiger partial charge in [0.25, 0.3) is 0 Å². The number of carboxylic acid groups (broad SMARTS) is 1. The zero-order valence-electron chi connectivity index (χ0n) is 15.3. The van der Waals surface area contributed by atoms with E-state index in [1.165, 1.54) is 19.1 Å². The molecule has 1 aliphatic heterocycles. The molecular weight excluding hydrogens is 360 g/mol. The highest BCUT2D eigenvalue weighted by molar-refractivity contribution is 7.91. The fraction of sp³-hybridized carbons (Fsp3) is 0.556. The smallest absolute Gasteiger partial charge is 0.314 e. The second-order valence-electron chi connectivity index (χ2n) is 7.02. The molecule has 0 saturated carbocycles. The second-order valence-corrected chi connectivity index (χ2v) is 9.05. The topological polar surface area (TPSA) is 107 Å². The second kappa shape index (κ2) is 7.46. The molecule has 7 nitrogen and oxygen atoms in total. The van der Waals surface area contributed by atoms with Gasteiger partial charge in [0.1, 0.15) is 11.7 Å². The maximum atomic E-state index is 12.5. The van der Waals surface area contributed by atoms with Crippen LogP contribution in [-0.4, -0.2) is 49.5 Å². The number of aliphatic carboxylic acids is 1. The van der Waals surface area contributed by atoms with E-state index in [-0.39, 0.29) is 17.3 Å². The number of hydrogen-bond donors (Lipinski definition) is 1. The maximum absolute atomic E-state index is 12.5. The van der Waals surface area contributed by atoms with Gasteiger partial charge in [-0.15, -0.1) is 0 Å². The number of carbonyl (C=O) groups is 2. The van der Waals surface area contributed by atoms with E-state index in [0.29, 0.717) is 5.56 Å². The van der Waals surface area contributed by atoms with Gasteiger partial charge in [-0.2, -0.15) is 0 Å². The van der Waals surface area contributed by atoms with Gasteiger partial charge >= 0.3 is 5.97 Å². The number of carboxylic acids is 1. The van der Waals surface area contributed by atoms with Crippen molar-refractivity contribution in [2.75, 3.05) is 12.4 Å². The average Bonchev–Trinajstić information content (AvgIpc) is 2.84. The van der Waals surface area contributed by atoms with E-state index in [4.69, 9.17) is 9.47 Å². The Hall–Kier alpha value is -1.77. The Labute approximate surface area is 153 Å². The van der Waals surface area contributed by atoms with Crippen molar-refractivity contribution < 1.29 is 32.6 Å². The largest absolute Gasteiger partial charge is 0.481 e. The van der Waals surface area contributed by atoms with Crippen molar-refractivity contribution in [1.29, 1.82) is 0 Å². The van der Waals surface area contributed by atoms with Gasteiger partial charge < -0.3 is 14.6 Å². The molecule has 144 valence electrons. The van der Waals surface area contributed by atoms with Crippen LogP contribution < -0.4 is 0 Å². The van der Waals surface area contributed by atoms with E-state index < -0.39 is 45.3 Å². The van der Waals surface area contributed by atoms with Gasteiger partial charge in [0.05, 0.1) is 23.4 Å². The molecule has 1 fully saturated rings. The lowest BCUT2D eigenvalue weighted by molar-refractivity contribution is -0.146. The predicted molar refractivity (Wildman–Crippen MR) is 93.6 cm³/mol. The van der Waals surface area contributed by atoms with Crippen LogP contribution in [0.2, 0.25) is 0 Å². The number of benzene rings is 1. The van der Waals surface area contributed by atoms with E-state index in [1.807, 2.05) is 0 Å². The first kappa shape index (κ1) is 20.5. The summed E-state index contributed by atoms with van der Waals surface area (Å²) in [6, 6.07) is 5.96. The Balaban J connectivity index is 2.15. The van der Waals surface area contributed by atoms with Crippen LogP contribution >= 0.6 is 0 Å². The van der Waals surface area contributed by atoms with Gasteiger partial charge in [0.2, 0.25) is 0 Å². The number of ether oxygens (including phenoxy) is 2. The molecule has 1 aromatic rings. The van der Waals surface area contributed by atoms with Gasteiger partial charge in [0, 0.05) is 5.92 Å². The number of Topliss-reactive ketones (excluding diaryl/α,β-unsaturated/α-hetero) is 1. The normalized spacial score (nSPS) is 21.9. The predicted octanol–water partition coefficient (Wildman–Crippen LogP) is 2.01. The molecule has 0 radical (unpaired) electrons. The Morgan fingerprint density at radius 1 is 1.27 bits per heavy atom. The quantitative estimate of drug-likeness (QED) is 0.717. The third-order valence-electron chi connectivity index (χ3n) is 4.44. The fourth-order valence-electron chi connectivity index (χ4n) is 3.10. The van der Waals surface area contributed by atoms with Crippen LogP contribution in [0, 0.1) is 5.92 Å². The highest BCUT2D eigenvalue weighted by Gasteiger charge is 2.36. The molecule has 8 heteroatoms. The summed E-state index contributed by atoms with van der Waals surface area (Å²) in [5, 5.41) is 9.22. The summed E-state index contributed by atoms with van der Waals surface area (Å²) in [5.41, 5.74) is 0.591. The molecule has 1 N–H and O–H groups in total. The number of ketones is 1. The molecule has 2 rings (SSSR count). The minimum atomic E-state index is -3.58. The van der Waals surface area contributed by atoms with Gasteiger partial charge in [-0.1, -0.05) is 19.1 Å². The Morgan fingerprint density at radius 2 is 1.85 bits per heavy atom. The number of rotatable bonds is 7. The van der Waals surface area contributed by atoms with Gasteiger partial charge in [-0.25, -0.2) is 8.42 Å². The van der Waals surface area contributed by atoms with Crippen molar-refractivity contribution in [3.63, 3.8) is 0 Å². The van der Waals surface area contributed by atoms with Crippen molar-refractivity contribution >= 4 is 21.6 Å². The number of hydrogen-bond acceptors (Lipinski definition) is 6. The third-order valence-corrected chi connectivity index (χ3v) is 6.24. The summed E-state index contributed by atoms with van der Waals surface area (Å²) in [5.74, 6) is -4.35. The Bertz CT molecular complexity index is 766. The van der Waals surface area contributed by atoms with E-state index in [1.54, 1.807) is 32.9 Å². The van der Waals surface area contributed by atoms with Crippen LogP contribution in [0.1, 0.15) is 39.2 Å². The van der Waals surface area contributed by atoms with Crippen LogP contribution in [0.3, 0.4) is 0 Å². The first-order valence-electron chi connectivity index (χ1n) is 8.31. The molecule has 0 aromatic heterocycles. The minimum Gasteiger partial charge on any atom is -0.481 e. The molecule has 1 aromatic carbocycles. The highest BCUT2D eigenvalue weighted by Crippen LogP contribution is 2.28. The number of sulfone groups is 1. The first-order valence-corrected chi connectivity index (χ1v) is 9.96. The lowest BCUT2D eigenvalue weighted by Crippen LogP contribution is -2.27. The summed E-state index contributed by atoms with van der Waals surface area (Å²) in [4.78, 5) is 23.0. The molecule has 0 bridgehead atoms. The van der Waals surface area contributed by atoms with Crippen LogP contribution in [0.25, 0.3) is 0 Å². The van der Waals surface area contributed by atoms with Crippen molar-refractivity contribution in [3.05, 3.63) is 29.8 Å². The van der Waals surface area contributed by atoms with E-state index in [9.17, 15) is 23.1 Å². The zero-order valence-corrected chi connectivity index (χ0v) is 16.1. The summed E-state index contributed by atoms with van der Waals surface area (Å²) >= 11 is 0. The fourth-order valence-corrected chi connectivity index (χ4v) is 4.49. The van der Waals surface area contributed by atoms with E-state index >= 15 is 0 Å². The molecule has 0 spiro atoms. The molecule has 26 heavy (non-hydrogen) atoms. The Kier molecular flexibility index (Phi) is 5.89. The van der Waals surface area contributed by atoms with Crippen molar-refractivity contribution in [2.45, 2.75) is 50.4 Å². The van der Waals surface area contributed by atoms with Crippen LogP contribution in [-0.2, 0) is 28.9 Å². The first-order chi connectivity index (χ1) is 11.9. The average molecular weight is 384 g/mol. The molecule has 3 unspecified atom stereocenters. The van der Waals surface area contributed by atoms with E-state index in [2.05, 4.69) is 0 Å². The standard InChI is InChI=1S/C18H24O7S/c1-11(16(12(2)19)17(20)21)13-5-7-15(8-6-13)26(22,23)10-14-9-24-18(3,4)25-14/h5-8,11,14,16H,9-10H2,1-4H3,(H,20,21). The van der Waals surface area contributed by atoms with Crippen molar-refractivity contribution in [1.82, 2.24) is 0 Å². The summed E-state index contributed by atoms with van der Waals surface area (Å²) in [7, 11) is -3.58. The highest BCUT2D eigenvalue weighted by atomic mass is 32.2. The Morgan fingerprint density at radius 3 is 2.27 bits per heavy atom. The van der Waals surface area contributed by atoms with Gasteiger partial charge in [0.15, 0.2) is 15.6 Å². The van der Waals surface area contributed by atoms with Crippen LogP contribution in [0.4, 0.5) is 0 Å². The van der Waals surface area contributed by atoms with Gasteiger partial charge in [-0.05, 0) is 38.5 Å². The minimum absolute atomic E-state index is 0.122. The lowest BCUT2D eigenvalue weighted by atomic mass is 9.85. The van der Waals surface area contributed by atoms with Gasteiger partial charge in [-0.3, -0.25) is 9.59 Å². The molecule has 1 saturated heterocycles. The van der Waals surface area contributed by atoms with Crippen LogP contribution in [0.15, 0.2) is 29.2 Å². The molecular formula is C18H24O7S. The van der Waals surface area contributed by atoms with Crippen molar-refractivity contribution in [2.24, 2.45) is 5.92 Å². The lowest BCUT2D eigenvalue weighted by Gasteiger charge is -2.19.